The highest BCUT2D eigenvalue weighted by molar-refractivity contribution is 8.00. The van der Waals surface area contributed by atoms with Gasteiger partial charge in [-0.1, -0.05) is 25.1 Å². The molecule has 1 aromatic carbocycles. The molecule has 116 valence electrons. The Labute approximate surface area is 131 Å². The Morgan fingerprint density at radius 3 is 2.67 bits per heavy atom. The maximum atomic E-state index is 12.2. The normalized spacial score (nSPS) is 25.6. The molecule has 0 unspecified atom stereocenters. The van der Waals surface area contributed by atoms with Crippen molar-refractivity contribution in [2.24, 2.45) is 5.92 Å². The smallest absolute Gasteiger partial charge is 0.230 e. The van der Waals surface area contributed by atoms with Crippen LogP contribution < -0.4 is 5.32 Å². The average Bonchev–Trinajstić information content (AvgIpc) is 2.49. The van der Waals surface area contributed by atoms with E-state index in [2.05, 4.69) is 25.2 Å². The van der Waals surface area contributed by atoms with Crippen molar-refractivity contribution in [3.05, 3.63) is 29.8 Å². The number of aryl methyl sites for hydroxylation is 1. The molecular weight excluding hydrogens is 282 g/mol. The number of rotatable bonds is 5. The highest BCUT2D eigenvalue weighted by Crippen LogP contribution is 2.32. The zero-order chi connectivity index (χ0) is 15.3. The molecule has 1 aliphatic carbocycles. The van der Waals surface area contributed by atoms with Gasteiger partial charge in [0.15, 0.2) is 0 Å². The molecule has 0 radical (unpaired) electrons. The van der Waals surface area contributed by atoms with E-state index < -0.39 is 5.54 Å². The molecule has 4 heteroatoms. The molecule has 21 heavy (non-hydrogen) atoms. The van der Waals surface area contributed by atoms with Gasteiger partial charge in [0.25, 0.3) is 0 Å². The Morgan fingerprint density at radius 1 is 1.38 bits per heavy atom. The van der Waals surface area contributed by atoms with Gasteiger partial charge in [-0.25, -0.2) is 0 Å². The van der Waals surface area contributed by atoms with E-state index >= 15 is 0 Å². The summed E-state index contributed by atoms with van der Waals surface area (Å²) in [5.74, 6) is 1.12. The second-order valence-corrected chi connectivity index (χ2v) is 7.24. The number of hydrogen-bond acceptors (Lipinski definition) is 3. The molecule has 1 aromatic rings. The quantitative estimate of drug-likeness (QED) is 0.822. The van der Waals surface area contributed by atoms with Gasteiger partial charge in [0.2, 0.25) is 5.91 Å². The molecule has 2 rings (SSSR count). The molecule has 0 bridgehead atoms. The molecular formula is C17H25NO2S. The van der Waals surface area contributed by atoms with Crippen molar-refractivity contribution in [1.29, 1.82) is 0 Å². The van der Waals surface area contributed by atoms with E-state index in [1.807, 2.05) is 18.2 Å². The first-order valence-electron chi connectivity index (χ1n) is 7.65. The minimum atomic E-state index is -0.393. The van der Waals surface area contributed by atoms with Crippen LogP contribution in [0.25, 0.3) is 0 Å². The number of aliphatic hydroxyl groups is 1. The lowest BCUT2D eigenvalue weighted by Crippen LogP contribution is -2.53. The van der Waals surface area contributed by atoms with E-state index in [0.717, 1.165) is 30.6 Å². The van der Waals surface area contributed by atoms with E-state index in [4.69, 9.17) is 0 Å². The summed E-state index contributed by atoms with van der Waals surface area (Å²) in [7, 11) is 0. The predicted molar refractivity (Wildman–Crippen MR) is 87.5 cm³/mol. The van der Waals surface area contributed by atoms with E-state index in [9.17, 15) is 9.90 Å². The Kier molecular flexibility index (Phi) is 5.71. The third kappa shape index (κ3) is 4.48. The molecule has 0 saturated heterocycles. The van der Waals surface area contributed by atoms with Gasteiger partial charge in [-0.05, 0) is 50.2 Å². The number of amides is 1. The minimum Gasteiger partial charge on any atom is -0.394 e. The van der Waals surface area contributed by atoms with Crippen molar-refractivity contribution in [3.8, 4) is 0 Å². The van der Waals surface area contributed by atoms with Crippen LogP contribution in [-0.2, 0) is 4.79 Å². The average molecular weight is 307 g/mol. The first-order valence-corrected chi connectivity index (χ1v) is 8.63. The van der Waals surface area contributed by atoms with Crippen molar-refractivity contribution in [2.45, 2.75) is 50.0 Å². The van der Waals surface area contributed by atoms with Crippen LogP contribution in [0.4, 0.5) is 0 Å². The number of aliphatic hydroxyl groups excluding tert-OH is 1. The van der Waals surface area contributed by atoms with Gasteiger partial charge in [-0.2, -0.15) is 0 Å². The van der Waals surface area contributed by atoms with Crippen LogP contribution in [0.3, 0.4) is 0 Å². The van der Waals surface area contributed by atoms with Crippen LogP contribution in [-0.4, -0.2) is 28.9 Å². The van der Waals surface area contributed by atoms with Gasteiger partial charge in [-0.3, -0.25) is 4.79 Å². The number of hydrogen-bond donors (Lipinski definition) is 2. The molecule has 2 N–H and O–H groups in total. The molecule has 0 heterocycles. The van der Waals surface area contributed by atoms with Crippen molar-refractivity contribution >= 4 is 17.7 Å². The van der Waals surface area contributed by atoms with Crippen molar-refractivity contribution in [3.63, 3.8) is 0 Å². The lowest BCUT2D eigenvalue weighted by molar-refractivity contribution is -0.121. The van der Waals surface area contributed by atoms with Crippen molar-refractivity contribution in [1.82, 2.24) is 5.32 Å². The van der Waals surface area contributed by atoms with Crippen LogP contribution in [0, 0.1) is 12.8 Å². The summed E-state index contributed by atoms with van der Waals surface area (Å²) < 4.78 is 0. The lowest BCUT2D eigenvalue weighted by Gasteiger charge is -2.38. The lowest BCUT2D eigenvalue weighted by atomic mass is 9.77. The molecule has 3 nitrogen and oxygen atoms in total. The largest absolute Gasteiger partial charge is 0.394 e. The molecule has 0 aliphatic heterocycles. The summed E-state index contributed by atoms with van der Waals surface area (Å²) in [4.78, 5) is 13.3. The number of nitrogens with one attached hydrogen (secondary N) is 1. The van der Waals surface area contributed by atoms with Crippen LogP contribution >= 0.6 is 11.8 Å². The number of benzene rings is 1. The topological polar surface area (TPSA) is 49.3 Å². The number of thioether (sulfide) groups is 1. The Morgan fingerprint density at radius 2 is 2.05 bits per heavy atom. The third-order valence-electron chi connectivity index (χ3n) is 4.39. The van der Waals surface area contributed by atoms with Gasteiger partial charge in [0.1, 0.15) is 0 Å². The predicted octanol–water partition coefficient (Wildman–Crippen LogP) is 3.14. The molecule has 1 aliphatic rings. The van der Waals surface area contributed by atoms with Crippen LogP contribution in [0.5, 0.6) is 0 Å². The maximum Gasteiger partial charge on any atom is 0.230 e. The summed E-state index contributed by atoms with van der Waals surface area (Å²) in [6, 6.07) is 8.09. The van der Waals surface area contributed by atoms with E-state index in [1.165, 1.54) is 5.56 Å². The number of carbonyl (C=O) groups excluding carboxylic acids is 1. The Hall–Kier alpha value is -1.00. The van der Waals surface area contributed by atoms with Gasteiger partial charge in [0.05, 0.1) is 17.9 Å². The van der Waals surface area contributed by atoms with Gasteiger partial charge in [-0.15, -0.1) is 11.8 Å². The molecule has 1 amide bonds. The highest BCUT2D eigenvalue weighted by atomic mass is 32.2. The highest BCUT2D eigenvalue weighted by Gasteiger charge is 2.34. The molecule has 1 fully saturated rings. The summed E-state index contributed by atoms with van der Waals surface area (Å²) in [6.45, 7) is 4.33. The van der Waals surface area contributed by atoms with E-state index in [0.29, 0.717) is 11.7 Å². The fourth-order valence-electron chi connectivity index (χ4n) is 2.83. The first kappa shape index (κ1) is 16.4. The Balaban J connectivity index is 1.87. The monoisotopic (exact) mass is 307 g/mol. The fraction of sp³-hybridized carbons (Fsp3) is 0.588. The van der Waals surface area contributed by atoms with Crippen LogP contribution in [0.2, 0.25) is 0 Å². The van der Waals surface area contributed by atoms with Gasteiger partial charge >= 0.3 is 0 Å². The standard InChI is InChI=1S/C17H25NO2S/c1-13-7-9-17(12-19,10-8-13)18-16(20)11-21-15-6-4-3-5-14(15)2/h3-6,13,19H,7-12H2,1-2H3,(H,18,20). The van der Waals surface area contributed by atoms with Gasteiger partial charge in [0, 0.05) is 4.90 Å². The molecule has 0 aromatic heterocycles. The fourth-order valence-corrected chi connectivity index (χ4v) is 3.66. The Bertz CT molecular complexity index is 481. The second kappa shape index (κ2) is 7.32. The second-order valence-electron chi connectivity index (χ2n) is 6.22. The van der Waals surface area contributed by atoms with Crippen molar-refractivity contribution < 1.29 is 9.90 Å². The molecule has 0 atom stereocenters. The summed E-state index contributed by atoms with van der Waals surface area (Å²) in [5.41, 5.74) is 0.800. The zero-order valence-electron chi connectivity index (χ0n) is 12.9. The van der Waals surface area contributed by atoms with E-state index in [1.54, 1.807) is 11.8 Å². The third-order valence-corrected chi connectivity index (χ3v) is 5.57. The van der Waals surface area contributed by atoms with Crippen molar-refractivity contribution in [2.75, 3.05) is 12.4 Å². The number of carbonyl (C=O) groups is 1. The van der Waals surface area contributed by atoms with Gasteiger partial charge < -0.3 is 10.4 Å². The molecule has 0 spiro atoms. The zero-order valence-corrected chi connectivity index (χ0v) is 13.7. The van der Waals surface area contributed by atoms with Crippen LogP contribution in [0.1, 0.15) is 38.2 Å². The molecule has 1 saturated carbocycles. The summed E-state index contributed by atoms with van der Waals surface area (Å²) >= 11 is 1.56. The summed E-state index contributed by atoms with van der Waals surface area (Å²) in [6.07, 6.45) is 3.91. The summed E-state index contributed by atoms with van der Waals surface area (Å²) in [5, 5.41) is 12.8. The SMILES string of the molecule is Cc1ccccc1SCC(=O)NC1(CO)CCC(C)CC1. The maximum absolute atomic E-state index is 12.2. The van der Waals surface area contributed by atoms with E-state index in [-0.39, 0.29) is 12.5 Å². The first-order chi connectivity index (χ1) is 10.0. The minimum absolute atomic E-state index is 0.0202. The van der Waals surface area contributed by atoms with Crippen LogP contribution in [0.15, 0.2) is 29.2 Å².